The minimum absolute atomic E-state index is 0.0763. The van der Waals surface area contributed by atoms with Crippen molar-refractivity contribution in [3.8, 4) is 44.5 Å². The lowest BCUT2D eigenvalue weighted by Crippen LogP contribution is -2.36. The van der Waals surface area contributed by atoms with Gasteiger partial charge < -0.3 is 0 Å². The number of rotatable bonds is 3. The highest BCUT2D eigenvalue weighted by Gasteiger charge is 2.51. The third-order valence-electron chi connectivity index (χ3n) is 11.3. The molecule has 9 aromatic rings. The molecule has 11 rings (SSSR count). The maximum atomic E-state index is 14.9. The lowest BCUT2D eigenvalue weighted by Gasteiger charge is -2.40. The first kappa shape index (κ1) is 29.4. The van der Waals surface area contributed by atoms with E-state index in [2.05, 4.69) is 182 Å². The van der Waals surface area contributed by atoms with Crippen LogP contribution in [0.3, 0.4) is 0 Å². The molecule has 0 fully saturated rings. The molecule has 242 valence electrons. The number of carbonyl (C=O) groups excluding carboxylic acids is 1. The molecule has 2 aliphatic rings. The highest BCUT2D eigenvalue weighted by atomic mass is 32.1. The molecule has 1 aromatic heterocycles. The summed E-state index contributed by atoms with van der Waals surface area (Å²) in [7, 11) is 0. The quantitative estimate of drug-likeness (QED) is 0.182. The van der Waals surface area contributed by atoms with Gasteiger partial charge in [0.2, 0.25) is 0 Å². The zero-order valence-corrected chi connectivity index (χ0v) is 29.0. The Morgan fingerprint density at radius 1 is 0.346 bits per heavy atom. The number of fused-ring (bicyclic) bond motifs is 12. The van der Waals surface area contributed by atoms with Crippen LogP contribution in [0.1, 0.15) is 38.2 Å². The molecule has 8 aromatic carbocycles. The summed E-state index contributed by atoms with van der Waals surface area (Å²) in [5.74, 6) is 0.0763. The normalized spacial score (nSPS) is 13.6. The fraction of sp³-hybridized carbons (Fsp3) is 0.0200. The Hall–Kier alpha value is -6.35. The van der Waals surface area contributed by atoms with E-state index >= 15 is 0 Å². The van der Waals surface area contributed by atoms with Gasteiger partial charge in [-0.1, -0.05) is 158 Å². The van der Waals surface area contributed by atoms with Gasteiger partial charge in [-0.25, -0.2) is 0 Å². The molecular weight excluding hydrogens is 649 g/mol. The van der Waals surface area contributed by atoms with Crippen molar-refractivity contribution in [1.29, 1.82) is 0 Å². The number of hydrogen-bond donors (Lipinski definition) is 0. The maximum absolute atomic E-state index is 14.9. The van der Waals surface area contributed by atoms with Crippen LogP contribution in [0, 0.1) is 0 Å². The largest absolute Gasteiger partial charge is 0.289 e. The van der Waals surface area contributed by atoms with Crippen molar-refractivity contribution in [2.75, 3.05) is 0 Å². The van der Waals surface area contributed by atoms with E-state index in [1.807, 2.05) is 11.3 Å². The molecule has 2 aliphatic carbocycles. The Labute approximate surface area is 306 Å². The third kappa shape index (κ3) is 4.01. The monoisotopic (exact) mass is 678 g/mol. The Morgan fingerprint density at radius 3 is 1.73 bits per heavy atom. The molecule has 52 heavy (non-hydrogen) atoms. The first-order chi connectivity index (χ1) is 25.7. The van der Waals surface area contributed by atoms with Crippen LogP contribution in [-0.4, -0.2) is 5.78 Å². The molecule has 1 heterocycles. The summed E-state index contributed by atoms with van der Waals surface area (Å²) in [6, 6.07) is 65.2. The zero-order chi connectivity index (χ0) is 34.4. The Morgan fingerprint density at radius 2 is 0.923 bits per heavy atom. The minimum atomic E-state index is -0.652. The van der Waals surface area contributed by atoms with Gasteiger partial charge in [-0.3, -0.25) is 4.79 Å². The SMILES string of the molecule is O=C1c2cc(-c3cccc4c3sc3ccccc34)ccc2C2(c3cc(-c4cccc(-c5ccccc5)c4)ccc31)c1ccccc1-c1ccccc12. The summed E-state index contributed by atoms with van der Waals surface area (Å²) in [5, 5.41) is 2.53. The average molecular weight is 679 g/mol. The first-order valence-corrected chi connectivity index (χ1v) is 18.6. The fourth-order valence-electron chi connectivity index (χ4n) is 9.05. The van der Waals surface area contributed by atoms with E-state index in [-0.39, 0.29) is 5.78 Å². The van der Waals surface area contributed by atoms with Gasteiger partial charge in [-0.05, 0) is 91.0 Å². The van der Waals surface area contributed by atoms with E-state index in [1.54, 1.807) is 0 Å². The van der Waals surface area contributed by atoms with Crippen molar-refractivity contribution >= 4 is 37.3 Å². The van der Waals surface area contributed by atoms with Gasteiger partial charge in [-0.15, -0.1) is 11.3 Å². The van der Waals surface area contributed by atoms with Crippen LogP contribution in [-0.2, 0) is 5.41 Å². The van der Waals surface area contributed by atoms with E-state index in [1.165, 1.54) is 53.6 Å². The molecule has 0 saturated carbocycles. The Balaban J connectivity index is 1.17. The molecule has 2 heteroatoms. The zero-order valence-electron chi connectivity index (χ0n) is 28.1. The van der Waals surface area contributed by atoms with Crippen LogP contribution in [0.25, 0.3) is 64.7 Å². The van der Waals surface area contributed by atoms with Gasteiger partial charge in [0.05, 0.1) is 5.41 Å². The van der Waals surface area contributed by atoms with Gasteiger partial charge in [0.1, 0.15) is 0 Å². The molecule has 0 atom stereocenters. The van der Waals surface area contributed by atoms with E-state index < -0.39 is 5.41 Å². The lowest BCUT2D eigenvalue weighted by molar-refractivity contribution is 0.103. The van der Waals surface area contributed by atoms with E-state index in [0.29, 0.717) is 0 Å². The van der Waals surface area contributed by atoms with E-state index in [9.17, 15) is 4.79 Å². The van der Waals surface area contributed by atoms with Crippen LogP contribution in [0.4, 0.5) is 0 Å². The van der Waals surface area contributed by atoms with Gasteiger partial charge >= 0.3 is 0 Å². The van der Waals surface area contributed by atoms with Gasteiger partial charge in [0.15, 0.2) is 5.78 Å². The Bertz CT molecular complexity index is 2880. The predicted molar refractivity (Wildman–Crippen MR) is 216 cm³/mol. The molecule has 0 amide bonds. The van der Waals surface area contributed by atoms with Crippen LogP contribution < -0.4 is 0 Å². The molecule has 0 aliphatic heterocycles. The van der Waals surface area contributed by atoms with Gasteiger partial charge in [-0.2, -0.15) is 0 Å². The average Bonchev–Trinajstić information content (AvgIpc) is 3.74. The molecule has 0 unspecified atom stereocenters. The Kier molecular flexibility index (Phi) is 6.26. The van der Waals surface area contributed by atoms with Crippen molar-refractivity contribution in [3.05, 3.63) is 215 Å². The summed E-state index contributed by atoms with van der Waals surface area (Å²) in [6.07, 6.45) is 0. The molecule has 0 bridgehead atoms. The number of benzene rings is 8. The van der Waals surface area contributed by atoms with Crippen molar-refractivity contribution in [2.45, 2.75) is 5.41 Å². The van der Waals surface area contributed by atoms with Crippen LogP contribution in [0.15, 0.2) is 182 Å². The standard InChI is InChI=1S/C50H30OS/c51-48-41-26-24-34(33-15-10-14-32(28-33)31-12-2-1-3-13-31)30-46(41)50(43-21-7-4-16-37(43)38-17-5-8-22-44(38)50)45-27-25-35(29-42(45)48)36-19-11-20-40-39-18-6-9-23-47(39)52-49(36)40/h1-30H. The van der Waals surface area contributed by atoms with Crippen molar-refractivity contribution in [3.63, 3.8) is 0 Å². The smallest absolute Gasteiger partial charge is 0.193 e. The highest BCUT2D eigenvalue weighted by Crippen LogP contribution is 2.60. The van der Waals surface area contributed by atoms with Crippen LogP contribution >= 0.6 is 11.3 Å². The van der Waals surface area contributed by atoms with Crippen molar-refractivity contribution in [2.24, 2.45) is 0 Å². The van der Waals surface area contributed by atoms with Crippen LogP contribution in [0.5, 0.6) is 0 Å². The van der Waals surface area contributed by atoms with Gasteiger partial charge in [0, 0.05) is 31.3 Å². The summed E-state index contributed by atoms with van der Waals surface area (Å²) < 4.78 is 2.53. The highest BCUT2D eigenvalue weighted by molar-refractivity contribution is 7.26. The van der Waals surface area contributed by atoms with Crippen molar-refractivity contribution in [1.82, 2.24) is 0 Å². The second-order valence-electron chi connectivity index (χ2n) is 13.9. The molecule has 0 N–H and O–H groups in total. The number of ketones is 1. The molecule has 0 saturated heterocycles. The first-order valence-electron chi connectivity index (χ1n) is 17.8. The van der Waals surface area contributed by atoms with Crippen LogP contribution in [0.2, 0.25) is 0 Å². The van der Waals surface area contributed by atoms with E-state index in [4.69, 9.17) is 0 Å². The number of thiophene rings is 1. The third-order valence-corrected chi connectivity index (χ3v) is 12.5. The molecule has 1 nitrogen and oxygen atoms in total. The molecule has 1 spiro atoms. The minimum Gasteiger partial charge on any atom is -0.289 e. The predicted octanol–water partition coefficient (Wildman–Crippen LogP) is 13.0. The van der Waals surface area contributed by atoms with E-state index in [0.717, 1.165) is 44.5 Å². The second kappa shape index (κ2) is 11.1. The van der Waals surface area contributed by atoms with Crippen molar-refractivity contribution < 1.29 is 4.79 Å². The number of hydrogen-bond acceptors (Lipinski definition) is 2. The lowest BCUT2D eigenvalue weighted by atomic mass is 9.60. The van der Waals surface area contributed by atoms with Gasteiger partial charge in [0.25, 0.3) is 0 Å². The summed E-state index contributed by atoms with van der Waals surface area (Å²) >= 11 is 1.82. The summed E-state index contributed by atoms with van der Waals surface area (Å²) in [5.41, 5.74) is 14.7. The topological polar surface area (TPSA) is 17.1 Å². The number of carbonyl (C=O) groups is 1. The molecular formula is C50H30OS. The fourth-order valence-corrected chi connectivity index (χ4v) is 10.3. The summed E-state index contributed by atoms with van der Waals surface area (Å²) in [6.45, 7) is 0. The summed E-state index contributed by atoms with van der Waals surface area (Å²) in [4.78, 5) is 14.9. The second-order valence-corrected chi connectivity index (χ2v) is 15.0. The maximum Gasteiger partial charge on any atom is 0.193 e. The molecule has 0 radical (unpaired) electrons.